The predicted octanol–water partition coefficient (Wildman–Crippen LogP) is 5.48. The maximum atomic E-state index is 13.4. The molecule has 0 unspecified atom stereocenters. The largest absolute Gasteiger partial charge is 0.497 e. The zero-order valence-electron chi connectivity index (χ0n) is 20.9. The van der Waals surface area contributed by atoms with E-state index in [1.54, 1.807) is 7.11 Å². The molecule has 0 amide bonds. The van der Waals surface area contributed by atoms with Crippen LogP contribution in [0.1, 0.15) is 36.8 Å². The van der Waals surface area contributed by atoms with Gasteiger partial charge in [0.15, 0.2) is 17.5 Å². The van der Waals surface area contributed by atoms with Crippen LogP contribution in [-0.4, -0.2) is 54.9 Å². The van der Waals surface area contributed by atoms with Crippen LogP contribution >= 0.6 is 0 Å². The number of methoxy groups -OCH3 is 1. The van der Waals surface area contributed by atoms with Crippen LogP contribution in [0.4, 0.5) is 18.9 Å². The predicted molar refractivity (Wildman–Crippen MR) is 136 cm³/mol. The lowest BCUT2D eigenvalue weighted by molar-refractivity contribution is 0.0370. The highest BCUT2D eigenvalue weighted by molar-refractivity contribution is 5.84. The van der Waals surface area contributed by atoms with Crippen LogP contribution in [0, 0.1) is 29.8 Å². The number of pyridine rings is 1. The van der Waals surface area contributed by atoms with E-state index in [0.717, 1.165) is 79.5 Å². The Balaban J connectivity index is 1.29. The van der Waals surface area contributed by atoms with Gasteiger partial charge in [0.05, 0.1) is 12.6 Å². The van der Waals surface area contributed by atoms with Gasteiger partial charge in [0.25, 0.3) is 0 Å². The minimum Gasteiger partial charge on any atom is -0.497 e. The Hall–Kier alpha value is -2.84. The molecule has 1 aliphatic heterocycles. The number of hydrogen-bond acceptors (Lipinski definition) is 5. The molecule has 4 rings (SSSR count). The molecule has 3 aromatic rings. The molecule has 2 heterocycles. The fraction of sp³-hybridized carbons (Fsp3) is 0.464. The molecule has 1 fully saturated rings. The van der Waals surface area contributed by atoms with Crippen molar-refractivity contribution in [3.8, 4) is 5.75 Å². The normalized spacial score (nSPS) is 15.8. The van der Waals surface area contributed by atoms with Gasteiger partial charge in [0.1, 0.15) is 5.75 Å². The number of rotatable bonds is 10. The standard InChI is InChI=1S/C28H34F3N3O2/c1-19-17-33-26-6-5-21(36-2)16-23(26)22(19)4-3-7-28(18-35)8-11-34(12-9-28)13-10-32-20-14-24(29)27(31)25(30)15-20/h5-6,14-17,32,35H,3-4,7-13,18H2,1-2H3. The number of nitrogens with zero attached hydrogens (tertiary/aromatic N) is 2. The number of nitrogens with one attached hydrogen (secondary N) is 1. The molecule has 0 atom stereocenters. The van der Waals surface area contributed by atoms with Gasteiger partial charge in [-0.25, -0.2) is 13.2 Å². The van der Waals surface area contributed by atoms with Crippen molar-refractivity contribution in [3.63, 3.8) is 0 Å². The number of aromatic nitrogens is 1. The molecule has 1 saturated heterocycles. The lowest BCUT2D eigenvalue weighted by Gasteiger charge is -2.41. The van der Waals surface area contributed by atoms with Gasteiger partial charge < -0.3 is 20.1 Å². The third-order valence-electron chi connectivity index (χ3n) is 7.53. The first-order chi connectivity index (χ1) is 17.3. The average Bonchev–Trinajstić information content (AvgIpc) is 2.89. The number of likely N-dealkylation sites (tertiary alicyclic amines) is 1. The third kappa shape index (κ3) is 5.93. The van der Waals surface area contributed by atoms with E-state index in [4.69, 9.17) is 4.74 Å². The summed E-state index contributed by atoms with van der Waals surface area (Å²) in [6.45, 7) is 5.15. The second-order valence-corrected chi connectivity index (χ2v) is 9.84. The Morgan fingerprint density at radius 3 is 2.50 bits per heavy atom. The number of piperidine rings is 1. The minimum absolute atomic E-state index is 0.0957. The van der Waals surface area contributed by atoms with E-state index in [2.05, 4.69) is 22.1 Å². The van der Waals surface area contributed by atoms with Crippen LogP contribution in [0.2, 0.25) is 0 Å². The van der Waals surface area contributed by atoms with Crippen molar-refractivity contribution < 1.29 is 23.0 Å². The molecule has 194 valence electrons. The summed E-state index contributed by atoms with van der Waals surface area (Å²) in [6, 6.07) is 7.90. The van der Waals surface area contributed by atoms with E-state index < -0.39 is 17.5 Å². The lowest BCUT2D eigenvalue weighted by atomic mass is 9.75. The van der Waals surface area contributed by atoms with E-state index in [9.17, 15) is 18.3 Å². The van der Waals surface area contributed by atoms with Gasteiger partial charge >= 0.3 is 0 Å². The molecular formula is C28H34F3N3O2. The Bertz CT molecular complexity index is 1170. The molecule has 1 aliphatic rings. The van der Waals surface area contributed by atoms with E-state index in [1.807, 2.05) is 24.4 Å². The molecule has 0 radical (unpaired) electrons. The van der Waals surface area contributed by atoms with Crippen molar-refractivity contribution >= 4 is 16.6 Å². The Morgan fingerprint density at radius 2 is 1.83 bits per heavy atom. The van der Waals surface area contributed by atoms with Crippen LogP contribution in [-0.2, 0) is 6.42 Å². The zero-order chi connectivity index (χ0) is 25.7. The summed E-state index contributed by atoms with van der Waals surface area (Å²) >= 11 is 0. The average molecular weight is 502 g/mol. The van der Waals surface area contributed by atoms with Gasteiger partial charge in [-0.2, -0.15) is 0 Å². The minimum atomic E-state index is -1.45. The number of anilines is 1. The van der Waals surface area contributed by atoms with Gasteiger partial charge in [0.2, 0.25) is 0 Å². The maximum Gasteiger partial charge on any atom is 0.194 e. The van der Waals surface area contributed by atoms with Crippen molar-refractivity contribution in [2.45, 2.75) is 39.0 Å². The lowest BCUT2D eigenvalue weighted by Crippen LogP contribution is -2.43. The van der Waals surface area contributed by atoms with Crippen molar-refractivity contribution in [2.75, 3.05) is 45.2 Å². The number of hydrogen-bond donors (Lipinski definition) is 2. The highest BCUT2D eigenvalue weighted by atomic mass is 19.2. The van der Waals surface area contributed by atoms with Crippen LogP contribution in [0.5, 0.6) is 5.75 Å². The second-order valence-electron chi connectivity index (χ2n) is 9.84. The number of aliphatic hydroxyl groups is 1. The fourth-order valence-electron chi connectivity index (χ4n) is 5.18. The number of halogens is 3. The molecule has 5 nitrogen and oxygen atoms in total. The van der Waals surface area contributed by atoms with E-state index >= 15 is 0 Å². The number of fused-ring (bicyclic) bond motifs is 1. The zero-order valence-corrected chi connectivity index (χ0v) is 20.9. The first-order valence-corrected chi connectivity index (χ1v) is 12.5. The second kappa shape index (κ2) is 11.5. The summed E-state index contributed by atoms with van der Waals surface area (Å²) in [6.07, 6.45) is 6.55. The molecule has 2 aromatic carbocycles. The summed E-state index contributed by atoms with van der Waals surface area (Å²) < 4.78 is 45.3. The maximum absolute atomic E-state index is 13.4. The van der Waals surface area contributed by atoms with E-state index in [1.165, 1.54) is 5.56 Å². The fourth-order valence-corrected chi connectivity index (χ4v) is 5.18. The topological polar surface area (TPSA) is 57.6 Å². The van der Waals surface area contributed by atoms with E-state index in [-0.39, 0.29) is 17.7 Å². The summed E-state index contributed by atoms with van der Waals surface area (Å²) in [7, 11) is 1.67. The van der Waals surface area contributed by atoms with Crippen molar-refractivity contribution in [2.24, 2.45) is 5.41 Å². The van der Waals surface area contributed by atoms with Gasteiger partial charge in [-0.15, -0.1) is 0 Å². The van der Waals surface area contributed by atoms with Crippen LogP contribution in [0.3, 0.4) is 0 Å². The van der Waals surface area contributed by atoms with Gasteiger partial charge in [0, 0.05) is 49.1 Å². The molecule has 0 bridgehead atoms. The molecular weight excluding hydrogens is 467 g/mol. The SMILES string of the molecule is COc1ccc2ncc(C)c(CCCC3(CO)CCN(CCNc4cc(F)c(F)c(F)c4)CC3)c2c1. The van der Waals surface area contributed by atoms with Crippen molar-refractivity contribution in [3.05, 3.63) is 65.1 Å². The summed E-state index contributed by atoms with van der Waals surface area (Å²) in [5.41, 5.74) is 3.54. The summed E-state index contributed by atoms with van der Waals surface area (Å²) in [5.74, 6) is -3.03. The molecule has 0 saturated carbocycles. The van der Waals surface area contributed by atoms with Gasteiger partial charge in [-0.05, 0) is 86.9 Å². The summed E-state index contributed by atoms with van der Waals surface area (Å²) in [5, 5.41) is 14.3. The van der Waals surface area contributed by atoms with Gasteiger partial charge in [-0.1, -0.05) is 0 Å². The quantitative estimate of drug-likeness (QED) is 0.361. The van der Waals surface area contributed by atoms with Crippen molar-refractivity contribution in [1.29, 1.82) is 0 Å². The number of aryl methyl sites for hydroxylation is 2. The van der Waals surface area contributed by atoms with Gasteiger partial charge in [-0.3, -0.25) is 4.98 Å². The monoisotopic (exact) mass is 501 g/mol. The Morgan fingerprint density at radius 1 is 1.11 bits per heavy atom. The van der Waals surface area contributed by atoms with Crippen LogP contribution < -0.4 is 10.1 Å². The molecule has 2 N–H and O–H groups in total. The molecule has 0 spiro atoms. The smallest absolute Gasteiger partial charge is 0.194 e. The van der Waals surface area contributed by atoms with Crippen LogP contribution in [0.25, 0.3) is 10.9 Å². The molecule has 36 heavy (non-hydrogen) atoms. The Labute approximate surface area is 210 Å². The number of aliphatic hydroxyl groups excluding tert-OH is 1. The van der Waals surface area contributed by atoms with Crippen molar-refractivity contribution in [1.82, 2.24) is 9.88 Å². The first kappa shape index (κ1) is 26.2. The number of ether oxygens (including phenoxy) is 1. The Kier molecular flexibility index (Phi) is 8.36. The summed E-state index contributed by atoms with van der Waals surface area (Å²) in [4.78, 5) is 6.83. The third-order valence-corrected chi connectivity index (χ3v) is 7.53. The number of benzene rings is 2. The molecule has 8 heteroatoms. The molecule has 0 aliphatic carbocycles. The van der Waals surface area contributed by atoms with Crippen LogP contribution in [0.15, 0.2) is 36.5 Å². The highest BCUT2D eigenvalue weighted by Crippen LogP contribution is 2.37. The first-order valence-electron chi connectivity index (χ1n) is 12.5. The highest BCUT2D eigenvalue weighted by Gasteiger charge is 2.33. The molecule has 1 aromatic heterocycles. The van der Waals surface area contributed by atoms with E-state index in [0.29, 0.717) is 13.1 Å².